The minimum absolute atomic E-state index is 0.103. The molecule has 1 saturated heterocycles. The minimum atomic E-state index is -0.103. The summed E-state index contributed by atoms with van der Waals surface area (Å²) >= 11 is 0. The van der Waals surface area contributed by atoms with Gasteiger partial charge in [0, 0.05) is 26.7 Å². The summed E-state index contributed by atoms with van der Waals surface area (Å²) in [5.41, 5.74) is 2.60. The van der Waals surface area contributed by atoms with Crippen LogP contribution in [0.4, 0.5) is 0 Å². The summed E-state index contributed by atoms with van der Waals surface area (Å²) < 4.78 is 5.94. The predicted octanol–water partition coefficient (Wildman–Crippen LogP) is 3.82. The summed E-state index contributed by atoms with van der Waals surface area (Å²) in [6.07, 6.45) is 2.11. The van der Waals surface area contributed by atoms with Crippen LogP contribution < -0.4 is 0 Å². The van der Waals surface area contributed by atoms with Gasteiger partial charge in [-0.25, -0.2) is 0 Å². The van der Waals surface area contributed by atoms with Crippen molar-refractivity contribution in [2.24, 2.45) is 0 Å². The summed E-state index contributed by atoms with van der Waals surface area (Å²) in [6.45, 7) is 3.20. The third kappa shape index (κ3) is 3.17. The fourth-order valence-electron chi connectivity index (χ4n) is 3.27. The van der Waals surface area contributed by atoms with Gasteiger partial charge in [-0.2, -0.15) is 0 Å². The number of likely N-dealkylation sites (tertiary alicyclic amines) is 1. The van der Waals surface area contributed by atoms with Crippen LogP contribution in [0.5, 0.6) is 0 Å². The highest BCUT2D eigenvalue weighted by Gasteiger charge is 2.35. The molecule has 110 valence electrons. The van der Waals surface area contributed by atoms with Crippen LogP contribution in [-0.4, -0.2) is 25.1 Å². The van der Waals surface area contributed by atoms with E-state index in [-0.39, 0.29) is 5.60 Å². The molecule has 0 atom stereocenters. The highest BCUT2D eigenvalue weighted by atomic mass is 16.5. The first-order chi connectivity index (χ1) is 10.3. The van der Waals surface area contributed by atoms with Crippen LogP contribution in [0.2, 0.25) is 0 Å². The van der Waals surface area contributed by atoms with Crippen LogP contribution >= 0.6 is 0 Å². The third-order valence-electron chi connectivity index (χ3n) is 4.60. The maximum atomic E-state index is 5.94. The van der Waals surface area contributed by atoms with E-state index < -0.39 is 0 Å². The number of methoxy groups -OCH3 is 1. The zero-order valence-electron chi connectivity index (χ0n) is 12.7. The van der Waals surface area contributed by atoms with Crippen molar-refractivity contribution in [1.82, 2.24) is 4.90 Å². The number of nitrogens with zero attached hydrogens (tertiary/aromatic N) is 1. The number of benzene rings is 2. The van der Waals surface area contributed by atoms with Crippen molar-refractivity contribution < 1.29 is 4.74 Å². The van der Waals surface area contributed by atoms with Gasteiger partial charge in [0.15, 0.2) is 0 Å². The molecule has 2 nitrogen and oxygen atoms in total. The highest BCUT2D eigenvalue weighted by molar-refractivity contribution is 5.23. The number of piperidine rings is 1. The minimum Gasteiger partial charge on any atom is -0.373 e. The molecule has 2 heteroatoms. The molecule has 0 unspecified atom stereocenters. The Morgan fingerprint density at radius 2 is 1.48 bits per heavy atom. The van der Waals surface area contributed by atoms with Gasteiger partial charge in [-0.1, -0.05) is 60.7 Å². The van der Waals surface area contributed by atoms with E-state index in [2.05, 4.69) is 65.6 Å². The van der Waals surface area contributed by atoms with Gasteiger partial charge in [0.25, 0.3) is 0 Å². The first-order valence-electron chi connectivity index (χ1n) is 7.69. The van der Waals surface area contributed by atoms with Gasteiger partial charge in [-0.05, 0) is 24.0 Å². The number of hydrogen-bond acceptors (Lipinski definition) is 2. The lowest BCUT2D eigenvalue weighted by molar-refractivity contribution is -0.0637. The maximum absolute atomic E-state index is 5.94. The molecular weight excluding hydrogens is 258 g/mol. The molecule has 21 heavy (non-hydrogen) atoms. The zero-order chi connectivity index (χ0) is 14.5. The van der Waals surface area contributed by atoms with E-state index in [4.69, 9.17) is 4.74 Å². The maximum Gasteiger partial charge on any atom is 0.0951 e. The molecule has 0 bridgehead atoms. The van der Waals surface area contributed by atoms with Crippen molar-refractivity contribution in [1.29, 1.82) is 0 Å². The first kappa shape index (κ1) is 14.3. The zero-order valence-corrected chi connectivity index (χ0v) is 12.7. The summed E-state index contributed by atoms with van der Waals surface area (Å²) in [5.74, 6) is 0. The summed E-state index contributed by atoms with van der Waals surface area (Å²) in [4.78, 5) is 2.52. The SMILES string of the molecule is COC1(c2ccccc2)CCN(Cc2ccccc2)CC1. The molecule has 1 fully saturated rings. The van der Waals surface area contributed by atoms with Gasteiger partial charge in [-0.3, -0.25) is 4.90 Å². The van der Waals surface area contributed by atoms with Gasteiger partial charge in [-0.15, -0.1) is 0 Å². The molecule has 0 amide bonds. The molecule has 2 aromatic rings. The normalized spacial score (nSPS) is 18.5. The Hall–Kier alpha value is -1.64. The van der Waals surface area contributed by atoms with Crippen LogP contribution in [0, 0.1) is 0 Å². The van der Waals surface area contributed by atoms with Crippen LogP contribution in [-0.2, 0) is 16.9 Å². The summed E-state index contributed by atoms with van der Waals surface area (Å²) in [7, 11) is 1.85. The first-order valence-corrected chi connectivity index (χ1v) is 7.69. The Balaban J connectivity index is 1.66. The number of hydrogen-bond donors (Lipinski definition) is 0. The van der Waals surface area contributed by atoms with Crippen molar-refractivity contribution in [2.45, 2.75) is 25.0 Å². The standard InChI is InChI=1S/C19H23NO/c1-21-19(18-10-6-3-7-11-18)12-14-20(15-13-19)16-17-8-4-2-5-9-17/h2-11H,12-16H2,1H3. The average Bonchev–Trinajstić information content (AvgIpc) is 2.58. The smallest absolute Gasteiger partial charge is 0.0951 e. The second-order valence-corrected chi connectivity index (χ2v) is 5.83. The fourth-order valence-corrected chi connectivity index (χ4v) is 3.27. The molecule has 0 aliphatic carbocycles. The average molecular weight is 281 g/mol. The Labute approximate surface area is 127 Å². The van der Waals surface area contributed by atoms with Crippen LogP contribution in [0.3, 0.4) is 0 Å². The Morgan fingerprint density at radius 3 is 2.05 bits per heavy atom. The molecule has 0 radical (unpaired) electrons. The Kier molecular flexibility index (Phi) is 4.37. The molecule has 3 rings (SSSR count). The van der Waals surface area contributed by atoms with Crippen molar-refractivity contribution in [3.63, 3.8) is 0 Å². The van der Waals surface area contributed by atoms with E-state index in [1.807, 2.05) is 7.11 Å². The second kappa shape index (κ2) is 6.42. The van der Waals surface area contributed by atoms with Crippen molar-refractivity contribution in [3.8, 4) is 0 Å². The number of ether oxygens (including phenoxy) is 1. The molecule has 0 saturated carbocycles. The van der Waals surface area contributed by atoms with Crippen molar-refractivity contribution in [2.75, 3.05) is 20.2 Å². The van der Waals surface area contributed by atoms with E-state index in [1.54, 1.807) is 0 Å². The van der Waals surface area contributed by atoms with Gasteiger partial charge >= 0.3 is 0 Å². The van der Waals surface area contributed by atoms with Gasteiger partial charge in [0.2, 0.25) is 0 Å². The quantitative estimate of drug-likeness (QED) is 0.844. The van der Waals surface area contributed by atoms with Gasteiger partial charge < -0.3 is 4.74 Å². The molecule has 1 heterocycles. The topological polar surface area (TPSA) is 12.5 Å². The molecule has 0 spiro atoms. The van der Waals surface area contributed by atoms with Crippen LogP contribution in [0.1, 0.15) is 24.0 Å². The van der Waals surface area contributed by atoms with E-state index >= 15 is 0 Å². The monoisotopic (exact) mass is 281 g/mol. The molecule has 1 aliphatic rings. The lowest BCUT2D eigenvalue weighted by Crippen LogP contribution is -2.43. The molecule has 0 N–H and O–H groups in total. The van der Waals surface area contributed by atoms with Crippen LogP contribution in [0.15, 0.2) is 60.7 Å². The Morgan fingerprint density at radius 1 is 0.905 bits per heavy atom. The summed E-state index contributed by atoms with van der Waals surface area (Å²) in [5, 5.41) is 0. The third-order valence-corrected chi connectivity index (χ3v) is 4.60. The molecular formula is C19H23NO. The van der Waals surface area contributed by atoms with Gasteiger partial charge in [0.1, 0.15) is 0 Å². The van der Waals surface area contributed by atoms with E-state index in [0.29, 0.717) is 0 Å². The fraction of sp³-hybridized carbons (Fsp3) is 0.368. The van der Waals surface area contributed by atoms with Crippen molar-refractivity contribution in [3.05, 3.63) is 71.8 Å². The highest BCUT2D eigenvalue weighted by Crippen LogP contribution is 2.36. The molecule has 2 aromatic carbocycles. The predicted molar refractivity (Wildman–Crippen MR) is 86.1 cm³/mol. The van der Waals surface area contributed by atoms with E-state index in [9.17, 15) is 0 Å². The van der Waals surface area contributed by atoms with E-state index in [1.165, 1.54) is 11.1 Å². The lowest BCUT2D eigenvalue weighted by Gasteiger charge is -2.41. The molecule has 1 aliphatic heterocycles. The second-order valence-electron chi connectivity index (χ2n) is 5.83. The largest absolute Gasteiger partial charge is 0.373 e. The van der Waals surface area contributed by atoms with Crippen molar-refractivity contribution >= 4 is 0 Å². The molecule has 0 aromatic heterocycles. The van der Waals surface area contributed by atoms with E-state index in [0.717, 1.165) is 32.5 Å². The van der Waals surface area contributed by atoms with Gasteiger partial charge in [0.05, 0.1) is 5.60 Å². The van der Waals surface area contributed by atoms with Crippen LogP contribution in [0.25, 0.3) is 0 Å². The summed E-state index contributed by atoms with van der Waals surface area (Å²) in [6, 6.07) is 21.4. The number of rotatable bonds is 4. The Bertz CT molecular complexity index is 544. The lowest BCUT2D eigenvalue weighted by atomic mass is 9.84.